The highest BCUT2D eigenvalue weighted by atomic mass is 16.5. The minimum Gasteiger partial charge on any atom is -0.454 e. The molecule has 3 aromatic rings. The van der Waals surface area contributed by atoms with Crippen LogP contribution in [0.2, 0.25) is 0 Å². The van der Waals surface area contributed by atoms with Crippen LogP contribution >= 0.6 is 0 Å². The Morgan fingerprint density at radius 1 is 0.981 bits per heavy atom. The van der Waals surface area contributed by atoms with Gasteiger partial charge in [0.1, 0.15) is 11.4 Å². The van der Waals surface area contributed by atoms with Crippen LogP contribution in [0.1, 0.15) is 106 Å². The number of rotatable bonds is 19. The molecule has 0 radical (unpaired) electrons. The third-order valence-corrected chi connectivity index (χ3v) is 11.2. The van der Waals surface area contributed by atoms with Gasteiger partial charge in [-0.05, 0) is 55.4 Å². The quantitative estimate of drug-likeness (QED) is 0.0912. The first-order valence-corrected chi connectivity index (χ1v) is 19.3. The number of ketones is 3. The van der Waals surface area contributed by atoms with Crippen LogP contribution in [0.5, 0.6) is 11.5 Å². The maximum atomic E-state index is 14.6. The zero-order chi connectivity index (χ0) is 39.7. The largest absolute Gasteiger partial charge is 0.454 e. The topological polar surface area (TPSA) is 221 Å². The van der Waals surface area contributed by atoms with E-state index in [-0.39, 0.29) is 59.2 Å². The van der Waals surface area contributed by atoms with Crippen LogP contribution in [0.25, 0.3) is 10.8 Å². The number of nitrogens with zero attached hydrogens (tertiary/aromatic N) is 1. The second-order valence-corrected chi connectivity index (χ2v) is 15.3. The Morgan fingerprint density at radius 2 is 1.65 bits per heavy atom. The summed E-state index contributed by atoms with van der Waals surface area (Å²) in [5, 5.41) is 25.8. The Balaban J connectivity index is 1.75. The summed E-state index contributed by atoms with van der Waals surface area (Å²) < 4.78 is 6.53. The SMILES string of the molecule is CC[C@H](C)[C@H](N)C(=O)NCc1ncc(C(=O)C(CC(O)C(N)C(C(=O)[C@@H](N)CO)C2CCCCC2)C(C)C)c(C(C)=O)c1Oc1cccc2ccccc12. The van der Waals surface area contributed by atoms with Crippen molar-refractivity contribution in [1.29, 1.82) is 0 Å². The van der Waals surface area contributed by atoms with Crippen molar-refractivity contribution in [3.63, 3.8) is 0 Å². The maximum absolute atomic E-state index is 14.6. The van der Waals surface area contributed by atoms with Crippen LogP contribution in [0.4, 0.5) is 0 Å². The highest BCUT2D eigenvalue weighted by Crippen LogP contribution is 2.38. The fraction of sp³-hybridized carbons (Fsp3) is 0.548. The monoisotopic (exact) mass is 745 g/mol. The molecule has 1 aliphatic rings. The average Bonchev–Trinajstić information content (AvgIpc) is 3.17. The zero-order valence-electron chi connectivity index (χ0n) is 32.3. The number of aromatic nitrogens is 1. The highest BCUT2D eigenvalue weighted by Gasteiger charge is 2.41. The Labute approximate surface area is 318 Å². The van der Waals surface area contributed by atoms with Gasteiger partial charge in [-0.1, -0.05) is 89.8 Å². The number of aliphatic hydroxyl groups is 2. The Bertz CT molecular complexity index is 1770. The molecule has 4 unspecified atom stereocenters. The molecule has 0 saturated heterocycles. The third kappa shape index (κ3) is 9.96. The summed E-state index contributed by atoms with van der Waals surface area (Å²) >= 11 is 0. The molecule has 2 aromatic carbocycles. The molecule has 12 nitrogen and oxygen atoms in total. The minimum atomic E-state index is -1.27. The van der Waals surface area contributed by atoms with E-state index >= 15 is 0 Å². The molecule has 0 aliphatic heterocycles. The first-order chi connectivity index (χ1) is 25.7. The molecule has 4 rings (SSSR count). The number of amides is 1. The molecule has 0 bridgehead atoms. The van der Waals surface area contributed by atoms with Gasteiger partial charge in [0.05, 0.1) is 42.5 Å². The number of ether oxygens (including phenoxy) is 1. The second-order valence-electron chi connectivity index (χ2n) is 15.3. The lowest BCUT2D eigenvalue weighted by molar-refractivity contribution is -0.129. The molecule has 54 heavy (non-hydrogen) atoms. The molecule has 1 aliphatic carbocycles. The molecule has 0 spiro atoms. The molecule has 7 atom stereocenters. The molecule has 1 amide bonds. The number of benzene rings is 2. The van der Waals surface area contributed by atoms with Gasteiger partial charge in [-0.15, -0.1) is 0 Å². The molecular formula is C42H59N5O7. The smallest absolute Gasteiger partial charge is 0.237 e. The van der Waals surface area contributed by atoms with Crippen LogP contribution in [-0.4, -0.2) is 69.3 Å². The van der Waals surface area contributed by atoms with Gasteiger partial charge in [-0.2, -0.15) is 0 Å². The van der Waals surface area contributed by atoms with E-state index in [1.165, 1.54) is 13.1 Å². The Hall–Kier alpha value is -4.07. The molecule has 1 fully saturated rings. The summed E-state index contributed by atoms with van der Waals surface area (Å²) in [6, 6.07) is 10.1. The minimum absolute atomic E-state index is 0.00537. The van der Waals surface area contributed by atoms with E-state index in [1.807, 2.05) is 64.1 Å². The standard InChI is InChI=1S/C42H59N5O7/c1-6-24(4)37(44)42(53)47-21-32-41(54-34-18-12-16-26-13-10-11-17-28(26)34)35(25(5)49)30(20-46-32)39(51)29(23(2)3)19-33(50)38(45)36(40(52)31(43)22-48)27-14-8-7-9-15-27/h10-13,16-18,20,23-24,27,29,31,33,36-38,48,50H,6-9,14-15,19,21-22,43-45H2,1-5H3,(H,47,53)/t24-,29?,31-,33?,36?,37-,38?/m0/s1. The van der Waals surface area contributed by atoms with Crippen LogP contribution < -0.4 is 27.3 Å². The van der Waals surface area contributed by atoms with Crippen molar-refractivity contribution in [2.75, 3.05) is 6.61 Å². The van der Waals surface area contributed by atoms with E-state index in [4.69, 9.17) is 21.9 Å². The molecular weight excluding hydrogens is 686 g/mol. The lowest BCUT2D eigenvalue weighted by Crippen LogP contribution is -2.53. The lowest BCUT2D eigenvalue weighted by Gasteiger charge is -2.37. The molecule has 9 N–H and O–H groups in total. The lowest BCUT2D eigenvalue weighted by atomic mass is 9.71. The van der Waals surface area contributed by atoms with Gasteiger partial charge >= 0.3 is 0 Å². The van der Waals surface area contributed by atoms with Gasteiger partial charge in [0, 0.05) is 29.5 Å². The summed E-state index contributed by atoms with van der Waals surface area (Å²) in [4.78, 5) is 59.3. The number of fused-ring (bicyclic) bond motifs is 1. The maximum Gasteiger partial charge on any atom is 0.237 e. The van der Waals surface area contributed by atoms with Gasteiger partial charge in [0.2, 0.25) is 5.91 Å². The van der Waals surface area contributed by atoms with Crippen molar-refractivity contribution in [2.45, 2.75) is 110 Å². The van der Waals surface area contributed by atoms with E-state index in [0.717, 1.165) is 42.9 Å². The van der Waals surface area contributed by atoms with Crippen molar-refractivity contribution in [2.24, 2.45) is 46.8 Å². The van der Waals surface area contributed by atoms with Gasteiger partial charge < -0.3 is 37.5 Å². The van der Waals surface area contributed by atoms with Gasteiger partial charge in [-0.25, -0.2) is 0 Å². The van der Waals surface area contributed by atoms with Crippen molar-refractivity contribution in [3.05, 3.63) is 65.5 Å². The Morgan fingerprint density at radius 3 is 2.28 bits per heavy atom. The van der Waals surface area contributed by atoms with Crippen molar-refractivity contribution in [3.8, 4) is 11.5 Å². The van der Waals surface area contributed by atoms with Crippen LogP contribution in [0.15, 0.2) is 48.7 Å². The van der Waals surface area contributed by atoms with Crippen LogP contribution in [-0.2, 0) is 16.1 Å². The van der Waals surface area contributed by atoms with Gasteiger partial charge in [-0.3, -0.25) is 24.2 Å². The van der Waals surface area contributed by atoms with E-state index in [1.54, 1.807) is 6.07 Å². The summed E-state index contributed by atoms with van der Waals surface area (Å²) in [5.74, 6) is -3.34. The molecule has 1 heterocycles. The summed E-state index contributed by atoms with van der Waals surface area (Å²) in [7, 11) is 0. The molecule has 294 valence electrons. The van der Waals surface area contributed by atoms with Gasteiger partial charge in [0.15, 0.2) is 23.1 Å². The summed E-state index contributed by atoms with van der Waals surface area (Å²) in [5.41, 5.74) is 19.1. The Kier molecular flexibility index (Phi) is 15.4. The highest BCUT2D eigenvalue weighted by molar-refractivity contribution is 6.10. The summed E-state index contributed by atoms with van der Waals surface area (Å²) in [6.07, 6.45) is 5.06. The fourth-order valence-electron chi connectivity index (χ4n) is 7.61. The van der Waals surface area contributed by atoms with E-state index in [9.17, 15) is 29.4 Å². The van der Waals surface area contributed by atoms with Crippen molar-refractivity contribution >= 4 is 34.0 Å². The number of carbonyl (C=O) groups excluding carboxylic acids is 4. The number of hydrogen-bond acceptors (Lipinski definition) is 11. The first-order valence-electron chi connectivity index (χ1n) is 19.3. The normalized spacial score (nSPS) is 17.6. The van der Waals surface area contributed by atoms with Crippen molar-refractivity contribution < 1.29 is 34.1 Å². The number of Topliss-reactive ketones (excluding diaryl/α,β-unsaturated/α-hetero) is 3. The van der Waals surface area contributed by atoms with E-state index in [0.29, 0.717) is 12.2 Å². The van der Waals surface area contributed by atoms with Crippen LogP contribution in [0, 0.1) is 29.6 Å². The number of nitrogens with one attached hydrogen (secondary N) is 1. The van der Waals surface area contributed by atoms with Crippen LogP contribution in [0.3, 0.4) is 0 Å². The number of pyridine rings is 1. The zero-order valence-corrected chi connectivity index (χ0v) is 32.3. The first kappa shape index (κ1) is 42.7. The van der Waals surface area contributed by atoms with Crippen molar-refractivity contribution in [1.82, 2.24) is 10.3 Å². The third-order valence-electron chi connectivity index (χ3n) is 11.2. The average molecular weight is 746 g/mol. The van der Waals surface area contributed by atoms with E-state index < -0.39 is 60.0 Å². The number of nitrogens with two attached hydrogens (primary N) is 3. The number of aliphatic hydroxyl groups excluding tert-OH is 2. The molecule has 1 saturated carbocycles. The predicted molar refractivity (Wildman–Crippen MR) is 209 cm³/mol. The molecule has 12 heteroatoms. The number of carbonyl (C=O) groups is 4. The second kappa shape index (κ2) is 19.5. The predicted octanol–water partition coefficient (Wildman–Crippen LogP) is 4.84. The van der Waals surface area contributed by atoms with E-state index in [2.05, 4.69) is 10.3 Å². The fourth-order valence-corrected chi connectivity index (χ4v) is 7.61. The summed E-state index contributed by atoms with van der Waals surface area (Å²) in [6.45, 7) is 8.19. The molecule has 1 aromatic heterocycles. The number of hydrogen-bond donors (Lipinski definition) is 6. The van der Waals surface area contributed by atoms with Gasteiger partial charge in [0.25, 0.3) is 0 Å².